The van der Waals surface area contributed by atoms with Crippen molar-refractivity contribution in [3.05, 3.63) is 71.0 Å². The van der Waals surface area contributed by atoms with Gasteiger partial charge in [0.15, 0.2) is 5.82 Å². The molecule has 26 heavy (non-hydrogen) atoms. The minimum atomic E-state index is -0.364. The average Bonchev–Trinajstić information content (AvgIpc) is 2.65. The Bertz CT molecular complexity index is 987. The molecule has 2 aromatic carbocycles. The number of benzene rings is 2. The van der Waals surface area contributed by atoms with Crippen LogP contribution in [0.3, 0.4) is 0 Å². The second-order valence-corrected chi connectivity index (χ2v) is 7.34. The van der Waals surface area contributed by atoms with E-state index in [1.165, 1.54) is 4.57 Å². The second-order valence-electron chi connectivity index (χ2n) is 5.69. The van der Waals surface area contributed by atoms with E-state index in [9.17, 15) is 9.90 Å². The first kappa shape index (κ1) is 18.2. The molecule has 5 nitrogen and oxygen atoms in total. The van der Waals surface area contributed by atoms with E-state index in [1.807, 2.05) is 60.7 Å². The van der Waals surface area contributed by atoms with Gasteiger partial charge in [-0.1, -0.05) is 60.7 Å². The molecule has 0 bridgehead atoms. The molecule has 1 N–H and O–H groups in total. The quantitative estimate of drug-likeness (QED) is 0.551. The van der Waals surface area contributed by atoms with Gasteiger partial charge >= 0.3 is 0 Å². The molecule has 0 amide bonds. The summed E-state index contributed by atoms with van der Waals surface area (Å²) in [5.74, 6) is 0.0506. The molecular weight excluding hydrogens is 366 g/mol. The fourth-order valence-electron chi connectivity index (χ4n) is 2.36. The predicted molar refractivity (Wildman–Crippen MR) is 109 cm³/mol. The predicted octanol–water partition coefficient (Wildman–Crippen LogP) is 3.54. The molecule has 0 saturated carbocycles. The molecule has 7 heteroatoms. The summed E-state index contributed by atoms with van der Waals surface area (Å²) in [5.41, 5.74) is 1.04. The van der Waals surface area contributed by atoms with E-state index in [0.717, 1.165) is 17.3 Å². The third-order valence-corrected chi connectivity index (χ3v) is 5.34. The van der Waals surface area contributed by atoms with Gasteiger partial charge in [0.05, 0.1) is 5.69 Å². The maximum atomic E-state index is 13.2. The molecule has 1 aromatic heterocycles. The number of para-hydroxylation sites is 1. The monoisotopic (exact) mass is 383 g/mol. The van der Waals surface area contributed by atoms with Gasteiger partial charge in [0.1, 0.15) is 9.22 Å². The Morgan fingerprint density at radius 1 is 1.08 bits per heavy atom. The number of aromatic hydroxyl groups is 1. The van der Waals surface area contributed by atoms with Gasteiger partial charge in [-0.25, -0.2) is 0 Å². The Morgan fingerprint density at radius 3 is 2.23 bits per heavy atom. The fourth-order valence-corrected chi connectivity index (χ4v) is 3.28. The summed E-state index contributed by atoms with van der Waals surface area (Å²) in [6.45, 7) is 0. The summed E-state index contributed by atoms with van der Waals surface area (Å²) in [7, 11) is 3.57. The summed E-state index contributed by atoms with van der Waals surface area (Å²) in [6, 6.07) is 18.5. The van der Waals surface area contributed by atoms with Crippen LogP contribution in [0, 0.1) is 0 Å². The summed E-state index contributed by atoms with van der Waals surface area (Å²) in [5, 5.41) is 10.4. The van der Waals surface area contributed by atoms with Crippen molar-refractivity contribution in [1.82, 2.24) is 14.5 Å². The lowest BCUT2D eigenvalue weighted by molar-refractivity contribution is 0.435. The first-order chi connectivity index (χ1) is 12.5. The molecule has 1 heterocycles. The molecule has 0 saturated heterocycles. The van der Waals surface area contributed by atoms with E-state index in [2.05, 4.69) is 4.98 Å². The van der Waals surface area contributed by atoms with Gasteiger partial charge in [-0.3, -0.25) is 9.36 Å². The number of hydrogen-bond donors (Lipinski definition) is 1. The van der Waals surface area contributed by atoms with Crippen molar-refractivity contribution in [1.29, 1.82) is 0 Å². The number of hydrogen-bond acceptors (Lipinski definition) is 5. The average molecular weight is 383 g/mol. The molecule has 0 radical (unpaired) electrons. The SMILES string of the molecule is CN(C)C(=S)Sc1c(O)nc(-c2ccccc2)n(-c2ccccc2)c1=O. The minimum absolute atomic E-state index is 0.104. The van der Waals surface area contributed by atoms with Crippen molar-refractivity contribution in [2.45, 2.75) is 4.90 Å². The van der Waals surface area contributed by atoms with Gasteiger partial charge in [0.2, 0.25) is 5.88 Å². The lowest BCUT2D eigenvalue weighted by atomic mass is 10.2. The molecular formula is C19H17N3O2S2. The Hall–Kier alpha value is -2.64. The first-order valence-corrected chi connectivity index (χ1v) is 9.07. The zero-order valence-electron chi connectivity index (χ0n) is 14.3. The Labute approximate surface area is 160 Å². The maximum Gasteiger partial charge on any atom is 0.276 e. The van der Waals surface area contributed by atoms with Crippen molar-refractivity contribution in [3.8, 4) is 23.0 Å². The molecule has 3 rings (SSSR count). The summed E-state index contributed by atoms with van der Waals surface area (Å²) < 4.78 is 1.96. The van der Waals surface area contributed by atoms with Crippen molar-refractivity contribution < 1.29 is 5.11 Å². The number of thiocarbonyl (C=S) groups is 1. The lowest BCUT2D eigenvalue weighted by Crippen LogP contribution is -2.25. The normalized spacial score (nSPS) is 10.5. The fraction of sp³-hybridized carbons (Fsp3) is 0.105. The molecule has 3 aromatic rings. The van der Waals surface area contributed by atoms with Crippen LogP contribution in [0.5, 0.6) is 5.88 Å². The summed E-state index contributed by atoms with van der Waals surface area (Å²) in [4.78, 5) is 19.3. The van der Waals surface area contributed by atoms with Crippen LogP contribution >= 0.6 is 24.0 Å². The Balaban J connectivity index is 2.27. The first-order valence-electron chi connectivity index (χ1n) is 7.85. The third kappa shape index (κ3) is 3.63. The number of aromatic nitrogens is 2. The largest absolute Gasteiger partial charge is 0.492 e. The van der Waals surface area contributed by atoms with Gasteiger partial charge in [-0.2, -0.15) is 4.98 Å². The Morgan fingerprint density at radius 2 is 1.65 bits per heavy atom. The van der Waals surface area contributed by atoms with E-state index in [4.69, 9.17) is 12.2 Å². The van der Waals surface area contributed by atoms with E-state index in [-0.39, 0.29) is 16.3 Å². The van der Waals surface area contributed by atoms with Gasteiger partial charge in [-0.05, 0) is 23.9 Å². The van der Waals surface area contributed by atoms with Gasteiger partial charge in [0.25, 0.3) is 5.56 Å². The molecule has 0 aliphatic rings. The van der Waals surface area contributed by atoms with Gasteiger partial charge in [0, 0.05) is 19.7 Å². The summed E-state index contributed by atoms with van der Waals surface area (Å²) in [6.07, 6.45) is 0. The van der Waals surface area contributed by atoms with Crippen LogP contribution < -0.4 is 5.56 Å². The molecule has 0 atom stereocenters. The molecule has 0 spiro atoms. The zero-order chi connectivity index (χ0) is 18.7. The molecule has 0 unspecified atom stereocenters. The highest BCUT2D eigenvalue weighted by Crippen LogP contribution is 2.29. The topological polar surface area (TPSA) is 58.4 Å². The number of rotatable bonds is 3. The van der Waals surface area contributed by atoms with Crippen LogP contribution in [0.15, 0.2) is 70.4 Å². The maximum absolute atomic E-state index is 13.2. The molecule has 0 fully saturated rings. The van der Waals surface area contributed by atoms with Crippen molar-refractivity contribution in [2.75, 3.05) is 14.1 Å². The Kier molecular flexibility index (Phi) is 5.39. The van der Waals surface area contributed by atoms with E-state index < -0.39 is 0 Å². The van der Waals surface area contributed by atoms with E-state index in [1.54, 1.807) is 19.0 Å². The molecule has 0 aliphatic heterocycles. The van der Waals surface area contributed by atoms with E-state index >= 15 is 0 Å². The van der Waals surface area contributed by atoms with E-state index in [0.29, 0.717) is 15.8 Å². The highest BCUT2D eigenvalue weighted by Gasteiger charge is 2.20. The van der Waals surface area contributed by atoms with Gasteiger partial charge in [-0.15, -0.1) is 0 Å². The van der Waals surface area contributed by atoms with Crippen LogP contribution in [0.1, 0.15) is 0 Å². The zero-order valence-corrected chi connectivity index (χ0v) is 15.9. The van der Waals surface area contributed by atoms with Crippen molar-refractivity contribution >= 4 is 28.3 Å². The lowest BCUT2D eigenvalue weighted by Gasteiger charge is -2.17. The van der Waals surface area contributed by atoms with Crippen molar-refractivity contribution in [2.24, 2.45) is 0 Å². The number of thioether (sulfide) groups is 1. The van der Waals surface area contributed by atoms with Crippen LogP contribution in [0.2, 0.25) is 0 Å². The highest BCUT2D eigenvalue weighted by atomic mass is 32.2. The van der Waals surface area contributed by atoms with Crippen LogP contribution in [-0.4, -0.2) is 38.0 Å². The minimum Gasteiger partial charge on any atom is -0.492 e. The highest BCUT2D eigenvalue weighted by molar-refractivity contribution is 8.23. The van der Waals surface area contributed by atoms with Gasteiger partial charge < -0.3 is 10.0 Å². The van der Waals surface area contributed by atoms with Crippen LogP contribution in [0.25, 0.3) is 17.1 Å². The second kappa shape index (κ2) is 7.72. The van der Waals surface area contributed by atoms with Crippen LogP contribution in [0.4, 0.5) is 0 Å². The smallest absolute Gasteiger partial charge is 0.276 e. The van der Waals surface area contributed by atoms with Crippen molar-refractivity contribution in [3.63, 3.8) is 0 Å². The molecule has 132 valence electrons. The number of nitrogens with zero attached hydrogens (tertiary/aromatic N) is 3. The molecule has 0 aliphatic carbocycles. The third-order valence-electron chi connectivity index (χ3n) is 3.62. The van der Waals surface area contributed by atoms with Crippen LogP contribution in [-0.2, 0) is 0 Å². The summed E-state index contributed by atoms with van der Waals surface area (Å²) >= 11 is 6.30. The standard InChI is InChI=1S/C19H17N3O2S2/c1-21(2)19(25)26-15-17(23)20-16(13-9-5-3-6-10-13)22(18(15)24)14-11-7-4-8-12-14/h3-12,23H,1-2H3.